The highest BCUT2D eigenvalue weighted by Crippen LogP contribution is 2.23. The van der Waals surface area contributed by atoms with E-state index in [4.69, 9.17) is 5.10 Å². The van der Waals surface area contributed by atoms with Crippen molar-refractivity contribution < 1.29 is 9.59 Å². The van der Waals surface area contributed by atoms with E-state index in [2.05, 4.69) is 10.6 Å². The van der Waals surface area contributed by atoms with Crippen molar-refractivity contribution in [3.05, 3.63) is 108 Å². The Labute approximate surface area is 186 Å². The number of hydrogen-bond acceptors (Lipinski definition) is 3. The number of para-hydroxylation sites is 1. The van der Waals surface area contributed by atoms with Gasteiger partial charge in [-0.25, -0.2) is 4.68 Å². The highest BCUT2D eigenvalue weighted by Gasteiger charge is 2.14. The Balaban J connectivity index is 1.45. The molecule has 0 aliphatic rings. The molecular weight excluding hydrogens is 400 g/mol. The first kappa shape index (κ1) is 21.1. The van der Waals surface area contributed by atoms with Crippen LogP contribution in [0.3, 0.4) is 0 Å². The molecule has 32 heavy (non-hydrogen) atoms. The Hall–Kier alpha value is -4.19. The summed E-state index contributed by atoms with van der Waals surface area (Å²) in [5, 5.41) is 10.3. The lowest BCUT2D eigenvalue weighted by atomic mass is 10.1. The van der Waals surface area contributed by atoms with Crippen LogP contribution in [0.4, 0.5) is 0 Å². The number of hydrogen-bond donors (Lipinski definition) is 2. The van der Waals surface area contributed by atoms with Crippen molar-refractivity contribution in [3.8, 4) is 16.9 Å². The molecule has 4 aromatic rings. The minimum absolute atomic E-state index is 0.0966. The van der Waals surface area contributed by atoms with Crippen molar-refractivity contribution in [2.75, 3.05) is 6.54 Å². The van der Waals surface area contributed by atoms with Crippen LogP contribution in [-0.2, 0) is 11.3 Å². The lowest BCUT2D eigenvalue weighted by molar-refractivity contribution is -0.120. The Morgan fingerprint density at radius 1 is 0.844 bits per heavy atom. The summed E-state index contributed by atoms with van der Waals surface area (Å²) in [6, 6.07) is 27.0. The van der Waals surface area contributed by atoms with Crippen LogP contribution in [0.25, 0.3) is 16.9 Å². The summed E-state index contributed by atoms with van der Waals surface area (Å²) in [5.74, 6) is -0.529. The maximum atomic E-state index is 12.4. The lowest BCUT2D eigenvalue weighted by Crippen LogP contribution is -2.36. The first-order valence-corrected chi connectivity index (χ1v) is 10.4. The third-order valence-corrected chi connectivity index (χ3v) is 5.13. The summed E-state index contributed by atoms with van der Waals surface area (Å²) in [6.45, 7) is 2.07. The zero-order valence-electron chi connectivity index (χ0n) is 17.8. The molecule has 2 N–H and O–H groups in total. The molecule has 2 amide bonds. The summed E-state index contributed by atoms with van der Waals surface area (Å²) in [7, 11) is 0. The first-order chi connectivity index (χ1) is 15.6. The van der Waals surface area contributed by atoms with Crippen molar-refractivity contribution in [1.82, 2.24) is 20.4 Å². The molecule has 0 saturated heterocycles. The van der Waals surface area contributed by atoms with Gasteiger partial charge in [-0.15, -0.1) is 0 Å². The van der Waals surface area contributed by atoms with E-state index in [1.165, 1.54) is 0 Å². The Bertz CT molecular complexity index is 1220. The van der Waals surface area contributed by atoms with Gasteiger partial charge in [0, 0.05) is 29.4 Å². The van der Waals surface area contributed by atoms with E-state index < -0.39 is 0 Å². The average molecular weight is 425 g/mol. The number of aryl methyl sites for hydroxylation is 1. The van der Waals surface area contributed by atoms with E-state index in [1.54, 1.807) is 12.1 Å². The number of nitrogens with one attached hydrogen (secondary N) is 2. The minimum atomic E-state index is -0.265. The molecule has 1 heterocycles. The van der Waals surface area contributed by atoms with E-state index in [-0.39, 0.29) is 18.4 Å². The smallest absolute Gasteiger partial charge is 0.251 e. The van der Waals surface area contributed by atoms with E-state index in [0.717, 1.165) is 28.1 Å². The third kappa shape index (κ3) is 4.92. The number of carbonyl (C=O) groups excluding carboxylic acids is 2. The van der Waals surface area contributed by atoms with Crippen molar-refractivity contribution in [3.63, 3.8) is 0 Å². The predicted octanol–water partition coefficient (Wildman–Crippen LogP) is 3.89. The second-order valence-electron chi connectivity index (χ2n) is 7.42. The fourth-order valence-corrected chi connectivity index (χ4v) is 3.43. The van der Waals surface area contributed by atoms with Crippen molar-refractivity contribution in [2.24, 2.45) is 0 Å². The number of aromatic nitrogens is 2. The van der Waals surface area contributed by atoms with Crippen LogP contribution in [0, 0.1) is 6.92 Å². The molecule has 0 spiro atoms. The van der Waals surface area contributed by atoms with Gasteiger partial charge in [0.1, 0.15) is 0 Å². The third-order valence-electron chi connectivity index (χ3n) is 5.13. The number of rotatable bonds is 7. The molecule has 0 unspecified atom stereocenters. The summed E-state index contributed by atoms with van der Waals surface area (Å²) in [4.78, 5) is 24.7. The van der Waals surface area contributed by atoms with Gasteiger partial charge in [-0.3, -0.25) is 9.59 Å². The molecule has 0 atom stereocenters. The average Bonchev–Trinajstić information content (AvgIpc) is 3.27. The number of benzene rings is 3. The molecule has 6 heteroatoms. The molecule has 6 nitrogen and oxygen atoms in total. The second-order valence-corrected chi connectivity index (χ2v) is 7.42. The van der Waals surface area contributed by atoms with Crippen LogP contribution < -0.4 is 10.6 Å². The fraction of sp³-hybridized carbons (Fsp3) is 0.115. The molecule has 4 rings (SSSR count). The fourth-order valence-electron chi connectivity index (χ4n) is 3.43. The number of carbonyl (C=O) groups is 2. The molecule has 160 valence electrons. The Kier molecular flexibility index (Phi) is 6.41. The predicted molar refractivity (Wildman–Crippen MR) is 124 cm³/mol. The highest BCUT2D eigenvalue weighted by atomic mass is 16.2. The van der Waals surface area contributed by atoms with Gasteiger partial charge in [0.2, 0.25) is 5.91 Å². The number of nitrogens with zero attached hydrogens (tertiary/aromatic N) is 2. The topological polar surface area (TPSA) is 76.0 Å². The first-order valence-electron chi connectivity index (χ1n) is 10.4. The zero-order chi connectivity index (χ0) is 22.3. The molecule has 0 aliphatic carbocycles. The second kappa shape index (κ2) is 9.75. The Morgan fingerprint density at radius 2 is 1.50 bits per heavy atom. The monoisotopic (exact) mass is 424 g/mol. The number of amides is 2. The molecule has 0 fully saturated rings. The summed E-state index contributed by atoms with van der Waals surface area (Å²) in [5.41, 5.74) is 5.03. The van der Waals surface area contributed by atoms with Gasteiger partial charge in [-0.05, 0) is 30.7 Å². The maximum absolute atomic E-state index is 12.4. The highest BCUT2D eigenvalue weighted by molar-refractivity contribution is 5.97. The Morgan fingerprint density at radius 3 is 2.22 bits per heavy atom. The van der Waals surface area contributed by atoms with Gasteiger partial charge in [0.15, 0.2) is 0 Å². The van der Waals surface area contributed by atoms with E-state index in [0.29, 0.717) is 12.1 Å². The van der Waals surface area contributed by atoms with Gasteiger partial charge < -0.3 is 10.6 Å². The summed E-state index contributed by atoms with van der Waals surface area (Å²) >= 11 is 0. The molecule has 0 bridgehead atoms. The largest absolute Gasteiger partial charge is 0.350 e. The van der Waals surface area contributed by atoms with Crippen LogP contribution in [0.2, 0.25) is 0 Å². The van der Waals surface area contributed by atoms with Gasteiger partial charge in [-0.1, -0.05) is 66.7 Å². The van der Waals surface area contributed by atoms with Crippen LogP contribution in [-0.4, -0.2) is 28.1 Å². The quantitative estimate of drug-likeness (QED) is 0.473. The molecular formula is C26H24N4O2. The van der Waals surface area contributed by atoms with Gasteiger partial charge in [0.25, 0.3) is 5.91 Å². The molecule has 1 aromatic heterocycles. The lowest BCUT2D eigenvalue weighted by Gasteiger charge is -2.08. The molecule has 0 aliphatic heterocycles. The molecule has 0 radical (unpaired) electrons. The normalized spacial score (nSPS) is 10.5. The summed E-state index contributed by atoms with van der Waals surface area (Å²) in [6.07, 6.45) is 1.92. The standard InChI is InChI=1S/C26H24N4O2/c1-19-10-8-9-15-23(19)26(32)28-17-24(31)27-16-21-18-30(22-13-6-3-7-14-22)29-25(21)20-11-4-2-5-12-20/h2-15,18H,16-17H2,1H3,(H,27,31)(H,28,32). The van der Waals surface area contributed by atoms with Crippen molar-refractivity contribution in [2.45, 2.75) is 13.5 Å². The zero-order valence-corrected chi connectivity index (χ0v) is 17.8. The van der Waals surface area contributed by atoms with E-state index >= 15 is 0 Å². The maximum Gasteiger partial charge on any atom is 0.251 e. The van der Waals surface area contributed by atoms with E-state index in [1.807, 2.05) is 90.6 Å². The van der Waals surface area contributed by atoms with Crippen LogP contribution >= 0.6 is 0 Å². The van der Waals surface area contributed by atoms with Gasteiger partial charge >= 0.3 is 0 Å². The van der Waals surface area contributed by atoms with E-state index in [9.17, 15) is 9.59 Å². The van der Waals surface area contributed by atoms with Crippen molar-refractivity contribution in [1.29, 1.82) is 0 Å². The molecule has 0 saturated carbocycles. The van der Waals surface area contributed by atoms with Crippen molar-refractivity contribution >= 4 is 11.8 Å². The SMILES string of the molecule is Cc1ccccc1C(=O)NCC(=O)NCc1cn(-c2ccccc2)nc1-c1ccccc1. The summed E-state index contributed by atoms with van der Waals surface area (Å²) < 4.78 is 1.81. The minimum Gasteiger partial charge on any atom is -0.350 e. The van der Waals surface area contributed by atoms with Crippen LogP contribution in [0.5, 0.6) is 0 Å². The van der Waals surface area contributed by atoms with Gasteiger partial charge in [-0.2, -0.15) is 5.10 Å². The van der Waals surface area contributed by atoms with Gasteiger partial charge in [0.05, 0.1) is 17.9 Å². The van der Waals surface area contributed by atoms with Crippen LogP contribution in [0.15, 0.2) is 91.1 Å². The molecule has 3 aromatic carbocycles. The van der Waals surface area contributed by atoms with Crippen LogP contribution in [0.1, 0.15) is 21.5 Å².